The van der Waals surface area contributed by atoms with Crippen LogP contribution in [0.4, 0.5) is 0 Å². The van der Waals surface area contributed by atoms with E-state index in [1.54, 1.807) is 0 Å². The van der Waals surface area contributed by atoms with Gasteiger partial charge in [-0.25, -0.2) is 0 Å². The number of unbranched alkanes of at least 4 members (excludes halogenated alkanes) is 8. The molecule has 0 atom stereocenters. The van der Waals surface area contributed by atoms with Crippen molar-refractivity contribution in [2.45, 2.75) is 64.7 Å². The maximum absolute atomic E-state index is 5.72. The normalized spacial score (nSPS) is 10.7. The standard InChI is InChI=1S/C18H31NO/c1-17-11-13-18(14-12-17)20-16-10-8-6-4-2-3-5-7-9-15-19/h11-14H,2-10,15-16,19H2,1H3. The van der Waals surface area contributed by atoms with Gasteiger partial charge in [0.1, 0.15) is 5.75 Å². The van der Waals surface area contributed by atoms with E-state index in [0.29, 0.717) is 0 Å². The Balaban J connectivity index is 1.84. The van der Waals surface area contributed by atoms with Gasteiger partial charge >= 0.3 is 0 Å². The summed E-state index contributed by atoms with van der Waals surface area (Å²) in [5.74, 6) is 0.996. The minimum Gasteiger partial charge on any atom is -0.494 e. The average molecular weight is 277 g/mol. The second kappa shape index (κ2) is 11.8. The molecule has 0 fully saturated rings. The molecule has 0 unspecified atom stereocenters. The Kier molecular flexibility index (Phi) is 10.0. The quantitative estimate of drug-likeness (QED) is 0.555. The molecule has 0 aliphatic rings. The van der Waals surface area contributed by atoms with Crippen molar-refractivity contribution in [1.29, 1.82) is 0 Å². The van der Waals surface area contributed by atoms with Crippen molar-refractivity contribution in [3.8, 4) is 5.75 Å². The van der Waals surface area contributed by atoms with E-state index in [1.165, 1.54) is 63.4 Å². The molecule has 0 aromatic heterocycles. The number of hydrogen-bond acceptors (Lipinski definition) is 2. The molecule has 2 nitrogen and oxygen atoms in total. The summed E-state index contributed by atoms with van der Waals surface area (Å²) >= 11 is 0. The SMILES string of the molecule is Cc1ccc(OCCCCCCCCCCCN)cc1. The van der Waals surface area contributed by atoms with E-state index < -0.39 is 0 Å². The van der Waals surface area contributed by atoms with E-state index in [0.717, 1.165) is 18.9 Å². The Bertz CT molecular complexity index is 321. The van der Waals surface area contributed by atoms with Crippen molar-refractivity contribution in [1.82, 2.24) is 0 Å². The van der Waals surface area contributed by atoms with Gasteiger partial charge in [-0.05, 0) is 38.4 Å². The van der Waals surface area contributed by atoms with E-state index in [4.69, 9.17) is 10.5 Å². The third-order valence-corrected chi connectivity index (χ3v) is 3.64. The predicted molar refractivity (Wildman–Crippen MR) is 87.3 cm³/mol. The number of nitrogens with two attached hydrogens (primary N) is 1. The van der Waals surface area contributed by atoms with Gasteiger partial charge in [-0.3, -0.25) is 0 Å². The minimum atomic E-state index is 0.847. The van der Waals surface area contributed by atoms with Gasteiger partial charge in [0, 0.05) is 0 Å². The van der Waals surface area contributed by atoms with E-state index in [1.807, 2.05) is 0 Å². The zero-order valence-electron chi connectivity index (χ0n) is 13.1. The summed E-state index contributed by atoms with van der Waals surface area (Å²) in [6.07, 6.45) is 11.8. The second-order valence-corrected chi connectivity index (χ2v) is 5.63. The highest BCUT2D eigenvalue weighted by Gasteiger charge is 1.95. The molecule has 0 saturated carbocycles. The van der Waals surface area contributed by atoms with Gasteiger partial charge in [0.15, 0.2) is 0 Å². The van der Waals surface area contributed by atoms with Crippen LogP contribution in [0.2, 0.25) is 0 Å². The molecule has 0 radical (unpaired) electrons. The molecule has 1 aromatic carbocycles. The first-order valence-corrected chi connectivity index (χ1v) is 8.22. The summed E-state index contributed by atoms with van der Waals surface area (Å²) in [5, 5.41) is 0. The average Bonchev–Trinajstić information content (AvgIpc) is 2.47. The first kappa shape index (κ1) is 17.0. The number of aryl methyl sites for hydroxylation is 1. The lowest BCUT2D eigenvalue weighted by atomic mass is 10.1. The third kappa shape index (κ3) is 8.98. The maximum Gasteiger partial charge on any atom is 0.119 e. The van der Waals surface area contributed by atoms with Crippen LogP contribution in [-0.4, -0.2) is 13.2 Å². The lowest BCUT2D eigenvalue weighted by molar-refractivity contribution is 0.304. The molecule has 0 saturated heterocycles. The molecular formula is C18H31NO. The molecule has 0 aliphatic carbocycles. The van der Waals surface area contributed by atoms with Gasteiger partial charge in [0.25, 0.3) is 0 Å². The molecular weight excluding hydrogens is 246 g/mol. The van der Waals surface area contributed by atoms with Gasteiger partial charge in [0.2, 0.25) is 0 Å². The van der Waals surface area contributed by atoms with Crippen LogP contribution in [0.3, 0.4) is 0 Å². The Morgan fingerprint density at radius 1 is 0.750 bits per heavy atom. The van der Waals surface area contributed by atoms with Crippen LogP contribution in [0.15, 0.2) is 24.3 Å². The fourth-order valence-corrected chi connectivity index (χ4v) is 2.31. The largest absolute Gasteiger partial charge is 0.494 e. The minimum absolute atomic E-state index is 0.847. The predicted octanol–water partition coefficient (Wildman–Crippen LogP) is 4.84. The highest BCUT2D eigenvalue weighted by Crippen LogP contribution is 2.13. The van der Waals surface area contributed by atoms with E-state index >= 15 is 0 Å². The third-order valence-electron chi connectivity index (χ3n) is 3.64. The Morgan fingerprint density at radius 3 is 1.80 bits per heavy atom. The zero-order chi connectivity index (χ0) is 14.5. The summed E-state index contributed by atoms with van der Waals surface area (Å²) < 4.78 is 5.72. The molecule has 114 valence electrons. The summed E-state index contributed by atoms with van der Waals surface area (Å²) in [6.45, 7) is 3.79. The molecule has 2 heteroatoms. The number of ether oxygens (including phenoxy) is 1. The number of hydrogen-bond donors (Lipinski definition) is 1. The molecule has 0 bridgehead atoms. The van der Waals surface area contributed by atoms with Crippen molar-refractivity contribution < 1.29 is 4.74 Å². The van der Waals surface area contributed by atoms with Crippen molar-refractivity contribution in [2.24, 2.45) is 5.73 Å². The molecule has 0 heterocycles. The molecule has 0 aliphatic heterocycles. The first-order chi connectivity index (χ1) is 9.83. The highest BCUT2D eigenvalue weighted by atomic mass is 16.5. The fourth-order valence-electron chi connectivity index (χ4n) is 2.31. The first-order valence-electron chi connectivity index (χ1n) is 8.22. The van der Waals surface area contributed by atoms with Crippen molar-refractivity contribution in [3.05, 3.63) is 29.8 Å². The Hall–Kier alpha value is -1.02. The number of rotatable bonds is 12. The van der Waals surface area contributed by atoms with Crippen LogP contribution in [0.1, 0.15) is 63.4 Å². The summed E-state index contributed by atoms with van der Waals surface area (Å²) in [5.41, 5.74) is 6.76. The monoisotopic (exact) mass is 277 g/mol. The van der Waals surface area contributed by atoms with E-state index in [9.17, 15) is 0 Å². The van der Waals surface area contributed by atoms with Gasteiger partial charge in [-0.1, -0.05) is 62.6 Å². The highest BCUT2D eigenvalue weighted by molar-refractivity contribution is 5.26. The van der Waals surface area contributed by atoms with Gasteiger partial charge in [-0.2, -0.15) is 0 Å². The summed E-state index contributed by atoms with van der Waals surface area (Å²) in [6, 6.07) is 8.30. The number of benzene rings is 1. The lowest BCUT2D eigenvalue weighted by Gasteiger charge is -2.06. The molecule has 1 rings (SSSR count). The molecule has 0 spiro atoms. The van der Waals surface area contributed by atoms with E-state index in [2.05, 4.69) is 31.2 Å². The van der Waals surface area contributed by atoms with Gasteiger partial charge < -0.3 is 10.5 Å². The summed E-state index contributed by atoms with van der Waals surface area (Å²) in [7, 11) is 0. The van der Waals surface area contributed by atoms with Gasteiger partial charge in [-0.15, -0.1) is 0 Å². The fraction of sp³-hybridized carbons (Fsp3) is 0.667. The lowest BCUT2D eigenvalue weighted by Crippen LogP contribution is -1.97. The van der Waals surface area contributed by atoms with Crippen molar-refractivity contribution >= 4 is 0 Å². The van der Waals surface area contributed by atoms with Crippen LogP contribution in [0.25, 0.3) is 0 Å². The van der Waals surface area contributed by atoms with E-state index in [-0.39, 0.29) is 0 Å². The van der Waals surface area contributed by atoms with Crippen molar-refractivity contribution in [3.63, 3.8) is 0 Å². The van der Waals surface area contributed by atoms with Crippen LogP contribution in [-0.2, 0) is 0 Å². The smallest absolute Gasteiger partial charge is 0.119 e. The van der Waals surface area contributed by atoms with Crippen LogP contribution >= 0.6 is 0 Å². The second-order valence-electron chi connectivity index (χ2n) is 5.63. The molecule has 20 heavy (non-hydrogen) atoms. The molecule has 2 N–H and O–H groups in total. The topological polar surface area (TPSA) is 35.2 Å². The Labute approximate surface area is 124 Å². The summed E-state index contributed by atoms with van der Waals surface area (Å²) in [4.78, 5) is 0. The van der Waals surface area contributed by atoms with Crippen LogP contribution < -0.4 is 10.5 Å². The Morgan fingerprint density at radius 2 is 1.25 bits per heavy atom. The van der Waals surface area contributed by atoms with Crippen LogP contribution in [0.5, 0.6) is 5.75 Å². The van der Waals surface area contributed by atoms with Crippen molar-refractivity contribution in [2.75, 3.05) is 13.2 Å². The van der Waals surface area contributed by atoms with Crippen LogP contribution in [0, 0.1) is 6.92 Å². The zero-order valence-corrected chi connectivity index (χ0v) is 13.1. The van der Waals surface area contributed by atoms with Gasteiger partial charge in [0.05, 0.1) is 6.61 Å². The maximum atomic E-state index is 5.72. The molecule has 1 aromatic rings. The molecule has 0 amide bonds.